The molecule has 1 heterocycles. The van der Waals surface area contributed by atoms with E-state index in [2.05, 4.69) is 16.5 Å². The van der Waals surface area contributed by atoms with Crippen LogP contribution in [-0.4, -0.2) is 15.9 Å². The minimum Gasteiger partial charge on any atom is -0.258 e. The molecule has 0 unspecified atom stereocenters. The van der Waals surface area contributed by atoms with E-state index in [0.717, 1.165) is 30.7 Å². The predicted octanol–water partition coefficient (Wildman–Crippen LogP) is 1.92. The van der Waals surface area contributed by atoms with Gasteiger partial charge in [0.15, 0.2) is 0 Å². The minimum absolute atomic E-state index is 0.503. The van der Waals surface area contributed by atoms with Crippen molar-refractivity contribution in [3.8, 4) is 0 Å². The first-order valence-electron chi connectivity index (χ1n) is 4.97. The fourth-order valence-corrected chi connectivity index (χ4v) is 1.19. The summed E-state index contributed by atoms with van der Waals surface area (Å²) in [6.07, 6.45) is 10.2. The van der Waals surface area contributed by atoms with Crippen molar-refractivity contribution in [2.24, 2.45) is 0 Å². The summed E-state index contributed by atoms with van der Waals surface area (Å²) in [4.78, 5) is 18.4. The number of hydrogen-bond acceptors (Lipinski definition) is 3. The van der Waals surface area contributed by atoms with E-state index < -0.39 is 0 Å². The van der Waals surface area contributed by atoms with Crippen LogP contribution in [0.3, 0.4) is 0 Å². The molecule has 0 amide bonds. The third kappa shape index (κ3) is 4.34. The van der Waals surface area contributed by atoms with Crippen molar-refractivity contribution < 1.29 is 4.79 Å². The van der Waals surface area contributed by atoms with Crippen LogP contribution in [0, 0.1) is 0 Å². The Balaban J connectivity index is 2.48. The number of hydrogen-bond donors (Lipinski definition) is 0. The van der Waals surface area contributed by atoms with Gasteiger partial charge in [0.2, 0.25) is 0 Å². The second kappa shape index (κ2) is 6.68. The number of unbranched alkanes of at least 4 members (excludes halogenated alkanes) is 1. The van der Waals surface area contributed by atoms with E-state index in [0.29, 0.717) is 6.42 Å². The van der Waals surface area contributed by atoms with Gasteiger partial charge in [0.25, 0.3) is 0 Å². The summed E-state index contributed by atoms with van der Waals surface area (Å²) in [6, 6.07) is 0. The van der Waals surface area contributed by atoms with E-state index in [-0.39, 0.29) is 0 Å². The zero-order valence-electron chi connectivity index (χ0n) is 8.65. The molecule has 1 aromatic rings. The van der Waals surface area contributed by atoms with Gasteiger partial charge < -0.3 is 0 Å². The van der Waals surface area contributed by atoms with Gasteiger partial charge in [-0.2, -0.15) is 0 Å². The first-order valence-corrected chi connectivity index (χ1v) is 4.97. The number of aryl methyl sites for hydroxylation is 1. The van der Waals surface area contributed by atoms with Gasteiger partial charge >= 0.3 is 0 Å². The summed E-state index contributed by atoms with van der Waals surface area (Å²) >= 11 is 0. The van der Waals surface area contributed by atoms with Crippen LogP contribution < -0.4 is 0 Å². The van der Waals surface area contributed by atoms with Crippen LogP contribution in [0.25, 0.3) is 0 Å². The highest BCUT2D eigenvalue weighted by atomic mass is 16.1. The van der Waals surface area contributed by atoms with Crippen LogP contribution in [0.2, 0.25) is 0 Å². The molecule has 0 bridgehead atoms. The fourth-order valence-electron chi connectivity index (χ4n) is 1.19. The van der Waals surface area contributed by atoms with Gasteiger partial charge in [-0.25, -0.2) is 4.79 Å². The number of aromatic nitrogens is 2. The van der Waals surface area contributed by atoms with Gasteiger partial charge in [-0.15, -0.1) is 6.58 Å². The lowest BCUT2D eigenvalue weighted by Gasteiger charge is -1.99. The van der Waals surface area contributed by atoms with Crippen LogP contribution in [-0.2, 0) is 17.6 Å². The monoisotopic (exact) mass is 202 g/mol. The van der Waals surface area contributed by atoms with Crippen LogP contribution in [0.1, 0.15) is 24.2 Å². The fraction of sp³-hybridized carbons (Fsp3) is 0.333. The van der Waals surface area contributed by atoms with Crippen molar-refractivity contribution in [2.45, 2.75) is 25.7 Å². The average Bonchev–Trinajstić information content (AvgIpc) is 2.28. The smallest absolute Gasteiger partial charge is 0.120 e. The van der Waals surface area contributed by atoms with Crippen molar-refractivity contribution in [3.63, 3.8) is 0 Å². The zero-order valence-corrected chi connectivity index (χ0v) is 8.65. The molecule has 0 aliphatic carbocycles. The van der Waals surface area contributed by atoms with Crippen molar-refractivity contribution in [1.82, 2.24) is 9.97 Å². The van der Waals surface area contributed by atoms with E-state index in [4.69, 9.17) is 0 Å². The molecule has 3 nitrogen and oxygen atoms in total. The van der Waals surface area contributed by atoms with Gasteiger partial charge in [0.05, 0.1) is 11.4 Å². The molecule has 0 radical (unpaired) electrons. The summed E-state index contributed by atoms with van der Waals surface area (Å²) in [6.45, 7) is 3.66. The van der Waals surface area contributed by atoms with Gasteiger partial charge in [-0.05, 0) is 19.3 Å². The molecule has 0 atom stereocenters. The maximum absolute atomic E-state index is 9.98. The molecule has 0 aliphatic rings. The Labute approximate surface area is 89.6 Å². The maximum atomic E-state index is 9.98. The SMILES string of the molecule is C=CCCCc1cnc(CC=C=O)cn1. The Hall–Kier alpha value is -1.73. The van der Waals surface area contributed by atoms with Crippen molar-refractivity contribution in [1.29, 1.82) is 0 Å². The lowest BCUT2D eigenvalue weighted by atomic mass is 10.2. The molecule has 15 heavy (non-hydrogen) atoms. The minimum atomic E-state index is 0.503. The Bertz CT molecular complexity index is 350. The maximum Gasteiger partial charge on any atom is 0.120 e. The van der Waals surface area contributed by atoms with E-state index in [1.165, 1.54) is 6.08 Å². The number of nitrogens with zero attached hydrogens (tertiary/aromatic N) is 2. The van der Waals surface area contributed by atoms with Gasteiger partial charge in [0, 0.05) is 24.9 Å². The largest absolute Gasteiger partial charge is 0.258 e. The standard InChI is InChI=1S/C12H14N2O/c1-2-3-4-6-11-9-14-12(10-13-11)7-5-8-15/h2,5,9-10H,1,3-4,6-7H2. The lowest BCUT2D eigenvalue weighted by Crippen LogP contribution is -1.95. The lowest BCUT2D eigenvalue weighted by molar-refractivity contribution is 0.568. The highest BCUT2D eigenvalue weighted by Gasteiger charge is 1.96. The van der Waals surface area contributed by atoms with Gasteiger partial charge in [0.1, 0.15) is 5.94 Å². The van der Waals surface area contributed by atoms with Crippen LogP contribution >= 0.6 is 0 Å². The van der Waals surface area contributed by atoms with E-state index >= 15 is 0 Å². The average molecular weight is 202 g/mol. The summed E-state index contributed by atoms with van der Waals surface area (Å²) in [5.74, 6) is 1.72. The molecular weight excluding hydrogens is 188 g/mol. The highest BCUT2D eigenvalue weighted by molar-refractivity contribution is 5.45. The summed E-state index contributed by atoms with van der Waals surface area (Å²) in [5.41, 5.74) is 1.78. The van der Waals surface area contributed by atoms with E-state index in [1.807, 2.05) is 6.08 Å². The highest BCUT2D eigenvalue weighted by Crippen LogP contribution is 2.02. The van der Waals surface area contributed by atoms with E-state index in [1.54, 1.807) is 18.3 Å². The molecule has 0 N–H and O–H groups in total. The second-order valence-corrected chi connectivity index (χ2v) is 3.21. The normalized spacial score (nSPS) is 9.33. The molecule has 3 heteroatoms. The van der Waals surface area contributed by atoms with Crippen LogP contribution in [0.5, 0.6) is 0 Å². The molecule has 0 saturated heterocycles. The Morgan fingerprint density at radius 2 is 2.07 bits per heavy atom. The number of rotatable bonds is 6. The summed E-state index contributed by atoms with van der Waals surface area (Å²) in [5, 5.41) is 0. The summed E-state index contributed by atoms with van der Waals surface area (Å²) < 4.78 is 0. The zero-order chi connectivity index (χ0) is 10.9. The molecular formula is C12H14N2O. The third-order valence-corrected chi connectivity index (χ3v) is 1.99. The molecule has 0 spiro atoms. The Morgan fingerprint density at radius 3 is 2.67 bits per heavy atom. The molecule has 0 fully saturated rings. The molecule has 1 aromatic heterocycles. The second-order valence-electron chi connectivity index (χ2n) is 3.21. The topological polar surface area (TPSA) is 42.9 Å². The van der Waals surface area contributed by atoms with Crippen LogP contribution in [0.15, 0.2) is 31.1 Å². The Morgan fingerprint density at radius 1 is 1.33 bits per heavy atom. The Kier molecular flexibility index (Phi) is 5.06. The first-order chi connectivity index (χ1) is 7.36. The molecule has 78 valence electrons. The van der Waals surface area contributed by atoms with E-state index in [9.17, 15) is 4.79 Å². The van der Waals surface area contributed by atoms with Gasteiger partial charge in [-0.1, -0.05) is 6.08 Å². The first kappa shape index (κ1) is 11.3. The van der Waals surface area contributed by atoms with Crippen molar-refractivity contribution in [3.05, 3.63) is 42.5 Å². The quantitative estimate of drug-likeness (QED) is 0.402. The number of allylic oxidation sites excluding steroid dienone is 2. The summed E-state index contributed by atoms with van der Waals surface area (Å²) in [7, 11) is 0. The van der Waals surface area contributed by atoms with Crippen molar-refractivity contribution >= 4 is 5.94 Å². The molecule has 0 aliphatic heterocycles. The van der Waals surface area contributed by atoms with Crippen LogP contribution in [0.4, 0.5) is 0 Å². The predicted molar refractivity (Wildman–Crippen MR) is 59.1 cm³/mol. The molecule has 1 rings (SSSR count). The number of carbonyl (C=O) groups excluding carboxylic acids is 1. The van der Waals surface area contributed by atoms with Gasteiger partial charge in [-0.3, -0.25) is 9.97 Å². The van der Waals surface area contributed by atoms with Crippen molar-refractivity contribution in [2.75, 3.05) is 0 Å². The third-order valence-electron chi connectivity index (χ3n) is 1.99. The molecule has 0 saturated carbocycles. The molecule has 0 aromatic carbocycles.